The van der Waals surface area contributed by atoms with Crippen LogP contribution in [0, 0.1) is 5.82 Å². The number of halogens is 1. The Morgan fingerprint density at radius 3 is 2.49 bits per heavy atom. The smallest absolute Gasteiger partial charge is 0.255 e. The molecule has 1 aromatic heterocycles. The molecule has 0 saturated heterocycles. The third-order valence-electron chi connectivity index (χ3n) is 6.00. The summed E-state index contributed by atoms with van der Waals surface area (Å²) in [7, 11) is 0. The molecule has 1 amide bonds. The van der Waals surface area contributed by atoms with E-state index < -0.39 is 5.82 Å². The van der Waals surface area contributed by atoms with Gasteiger partial charge in [-0.3, -0.25) is 4.79 Å². The zero-order valence-electron chi connectivity index (χ0n) is 21.0. The van der Waals surface area contributed by atoms with E-state index in [0.29, 0.717) is 34.3 Å². The quantitative estimate of drug-likeness (QED) is 0.179. The number of carbonyl (C=O) groups is 1. The van der Waals surface area contributed by atoms with Crippen molar-refractivity contribution in [1.82, 2.24) is 20.6 Å². The number of aromatic nitrogens is 4. The van der Waals surface area contributed by atoms with Crippen LogP contribution in [0.4, 0.5) is 10.1 Å². The van der Waals surface area contributed by atoms with Crippen molar-refractivity contribution in [3.8, 4) is 17.1 Å². The molecule has 0 unspecified atom stereocenters. The number of tetrazole rings is 1. The van der Waals surface area contributed by atoms with Crippen LogP contribution in [0.5, 0.6) is 5.75 Å². The van der Waals surface area contributed by atoms with Gasteiger partial charge in [0.2, 0.25) is 0 Å². The first kappa shape index (κ1) is 26.1. The first-order valence-electron chi connectivity index (χ1n) is 12.5. The molecule has 1 heterocycles. The van der Waals surface area contributed by atoms with Gasteiger partial charge in [-0.05, 0) is 83.8 Å². The Balaban J connectivity index is 1.20. The molecule has 5 rings (SSSR count). The van der Waals surface area contributed by atoms with Crippen molar-refractivity contribution in [2.75, 3.05) is 11.9 Å². The van der Waals surface area contributed by atoms with Gasteiger partial charge in [0.15, 0.2) is 5.82 Å². The second-order valence-electron chi connectivity index (χ2n) is 8.73. The fraction of sp³-hybridized carbons (Fsp3) is 0.133. The van der Waals surface area contributed by atoms with E-state index in [9.17, 15) is 9.18 Å². The van der Waals surface area contributed by atoms with Gasteiger partial charge in [0, 0.05) is 16.0 Å². The summed E-state index contributed by atoms with van der Waals surface area (Å²) in [4.78, 5) is 14.0. The number of aryl methyl sites for hydroxylation is 1. The van der Waals surface area contributed by atoms with Gasteiger partial charge in [-0.2, -0.15) is 0 Å². The molecule has 0 fully saturated rings. The highest BCUT2D eigenvalue weighted by molar-refractivity contribution is 7.99. The molecule has 0 aliphatic carbocycles. The average Bonchev–Trinajstić information content (AvgIpc) is 3.51. The standard InChI is InChI=1S/C30H26FN5O2S/c31-25-13-8-14-26(28(25)39-27-15-5-4-12-24(27)29-33-35-36-34-29)32-30(37)22-16-18-23(19-17-22)38-20-7-6-11-21-9-2-1-3-10-21/h1-5,8-10,12-19H,6-7,11,20H2,(H,32,37)(H,33,34,35,36). The first-order chi connectivity index (χ1) is 19.2. The van der Waals surface area contributed by atoms with Gasteiger partial charge in [-0.1, -0.05) is 60.3 Å². The number of benzene rings is 4. The van der Waals surface area contributed by atoms with Crippen molar-refractivity contribution in [3.05, 3.63) is 114 Å². The van der Waals surface area contributed by atoms with Crippen molar-refractivity contribution in [2.45, 2.75) is 29.1 Å². The Kier molecular flexibility index (Phi) is 8.60. The van der Waals surface area contributed by atoms with Crippen LogP contribution in [0.1, 0.15) is 28.8 Å². The van der Waals surface area contributed by atoms with E-state index in [0.717, 1.165) is 29.7 Å². The van der Waals surface area contributed by atoms with E-state index in [-0.39, 0.29) is 5.91 Å². The van der Waals surface area contributed by atoms with Crippen molar-refractivity contribution in [1.29, 1.82) is 0 Å². The molecule has 0 aliphatic heterocycles. The monoisotopic (exact) mass is 539 g/mol. The van der Waals surface area contributed by atoms with Crippen LogP contribution in [-0.4, -0.2) is 33.1 Å². The molecule has 0 saturated carbocycles. The maximum atomic E-state index is 14.9. The normalized spacial score (nSPS) is 10.8. The summed E-state index contributed by atoms with van der Waals surface area (Å²) < 4.78 is 20.8. The summed E-state index contributed by atoms with van der Waals surface area (Å²) >= 11 is 1.19. The molecule has 0 radical (unpaired) electrons. The van der Waals surface area contributed by atoms with Crippen LogP contribution < -0.4 is 10.1 Å². The average molecular weight is 540 g/mol. The predicted molar refractivity (Wildman–Crippen MR) is 149 cm³/mol. The molecule has 9 heteroatoms. The Labute approximate surface area is 229 Å². The van der Waals surface area contributed by atoms with E-state index >= 15 is 0 Å². The summed E-state index contributed by atoms with van der Waals surface area (Å²) in [6.45, 7) is 0.605. The second kappa shape index (κ2) is 12.8. The summed E-state index contributed by atoms with van der Waals surface area (Å²) in [5.74, 6) is 0.384. The van der Waals surface area contributed by atoms with Crippen LogP contribution in [0.15, 0.2) is 107 Å². The number of hydrogen-bond acceptors (Lipinski definition) is 6. The largest absolute Gasteiger partial charge is 0.494 e. The van der Waals surface area contributed by atoms with Gasteiger partial charge < -0.3 is 10.1 Å². The summed E-state index contributed by atoms with van der Waals surface area (Å²) in [6, 6.07) is 29.3. The Hall–Kier alpha value is -4.50. The minimum atomic E-state index is -0.445. The fourth-order valence-electron chi connectivity index (χ4n) is 4.01. The van der Waals surface area contributed by atoms with E-state index in [4.69, 9.17) is 4.74 Å². The second-order valence-corrected chi connectivity index (χ2v) is 9.79. The van der Waals surface area contributed by atoms with Crippen molar-refractivity contribution < 1.29 is 13.9 Å². The van der Waals surface area contributed by atoms with Gasteiger partial charge in [0.05, 0.1) is 17.2 Å². The number of amides is 1. The molecular weight excluding hydrogens is 513 g/mol. The molecule has 4 aromatic carbocycles. The van der Waals surface area contributed by atoms with Crippen molar-refractivity contribution in [3.63, 3.8) is 0 Å². The molecule has 39 heavy (non-hydrogen) atoms. The van der Waals surface area contributed by atoms with Crippen LogP contribution in [0.3, 0.4) is 0 Å². The van der Waals surface area contributed by atoms with Gasteiger partial charge in [0.25, 0.3) is 5.91 Å². The van der Waals surface area contributed by atoms with Gasteiger partial charge in [-0.25, -0.2) is 9.49 Å². The molecule has 2 N–H and O–H groups in total. The number of rotatable bonds is 11. The third kappa shape index (κ3) is 6.88. The summed E-state index contributed by atoms with van der Waals surface area (Å²) in [5.41, 5.74) is 2.86. The molecule has 5 aromatic rings. The van der Waals surface area contributed by atoms with Crippen LogP contribution in [0.25, 0.3) is 11.4 Å². The van der Waals surface area contributed by atoms with E-state index in [2.05, 4.69) is 50.2 Å². The lowest BCUT2D eigenvalue weighted by molar-refractivity contribution is 0.102. The lowest BCUT2D eigenvalue weighted by Crippen LogP contribution is -2.13. The van der Waals surface area contributed by atoms with Gasteiger partial charge >= 0.3 is 0 Å². The molecule has 0 aliphatic rings. The van der Waals surface area contributed by atoms with Gasteiger partial charge in [-0.15, -0.1) is 5.10 Å². The van der Waals surface area contributed by atoms with Gasteiger partial charge in [0.1, 0.15) is 11.6 Å². The first-order valence-corrected chi connectivity index (χ1v) is 13.4. The Morgan fingerprint density at radius 2 is 1.69 bits per heavy atom. The van der Waals surface area contributed by atoms with Crippen molar-refractivity contribution >= 4 is 23.4 Å². The van der Waals surface area contributed by atoms with Crippen LogP contribution in [0.2, 0.25) is 0 Å². The number of carbonyl (C=O) groups excluding carboxylic acids is 1. The maximum absolute atomic E-state index is 14.9. The number of nitrogens with one attached hydrogen (secondary N) is 2. The number of unbranched alkanes of at least 4 members (excludes halogenated alkanes) is 1. The number of ether oxygens (including phenoxy) is 1. The number of H-pyrrole nitrogens is 1. The number of hydrogen-bond donors (Lipinski definition) is 2. The Bertz CT molecular complexity index is 1510. The lowest BCUT2D eigenvalue weighted by atomic mass is 10.1. The van der Waals surface area contributed by atoms with Crippen molar-refractivity contribution in [2.24, 2.45) is 0 Å². The lowest BCUT2D eigenvalue weighted by Gasteiger charge is -2.13. The van der Waals surface area contributed by atoms with E-state index in [1.165, 1.54) is 23.4 Å². The van der Waals surface area contributed by atoms with E-state index in [1.54, 1.807) is 36.4 Å². The highest BCUT2D eigenvalue weighted by atomic mass is 32.2. The highest BCUT2D eigenvalue weighted by Gasteiger charge is 2.17. The van der Waals surface area contributed by atoms with E-state index in [1.807, 2.05) is 30.3 Å². The topological polar surface area (TPSA) is 92.8 Å². The predicted octanol–water partition coefficient (Wildman–Crippen LogP) is 6.81. The molecule has 7 nitrogen and oxygen atoms in total. The van der Waals surface area contributed by atoms with Crippen LogP contribution >= 0.6 is 11.8 Å². The third-order valence-corrected chi connectivity index (χ3v) is 7.20. The molecule has 0 spiro atoms. The van der Waals surface area contributed by atoms with Crippen LogP contribution in [-0.2, 0) is 6.42 Å². The highest BCUT2D eigenvalue weighted by Crippen LogP contribution is 2.39. The molecule has 196 valence electrons. The zero-order valence-corrected chi connectivity index (χ0v) is 21.8. The summed E-state index contributed by atoms with van der Waals surface area (Å²) in [5, 5.41) is 16.8. The minimum Gasteiger partial charge on any atom is -0.494 e. The molecule has 0 atom stereocenters. The Morgan fingerprint density at radius 1 is 0.897 bits per heavy atom. The fourth-order valence-corrected chi connectivity index (χ4v) is 5.04. The zero-order chi connectivity index (χ0) is 26.9. The molecule has 0 bridgehead atoms. The summed E-state index contributed by atoms with van der Waals surface area (Å²) in [6.07, 6.45) is 3.00. The maximum Gasteiger partial charge on any atom is 0.255 e. The number of anilines is 1. The molecular formula is C30H26FN5O2S. The number of aromatic amines is 1. The minimum absolute atomic E-state index is 0.293. The SMILES string of the molecule is O=C(Nc1cccc(F)c1Sc1ccccc1-c1nnn[nH]1)c1ccc(OCCCCc2ccccc2)cc1. The number of nitrogens with zero attached hydrogens (tertiary/aromatic N) is 3.